The Balaban J connectivity index is 1.44. The summed E-state index contributed by atoms with van der Waals surface area (Å²) in [4.78, 5) is 26.9. The highest BCUT2D eigenvalue weighted by molar-refractivity contribution is 6.01. The first-order chi connectivity index (χ1) is 14.7. The van der Waals surface area contributed by atoms with Crippen LogP contribution in [-0.2, 0) is 11.3 Å². The quantitative estimate of drug-likeness (QED) is 0.649. The van der Waals surface area contributed by atoms with Gasteiger partial charge < -0.3 is 25.4 Å². The van der Waals surface area contributed by atoms with E-state index in [9.17, 15) is 14.7 Å². The molecule has 2 fully saturated rings. The molecule has 3 aliphatic rings. The minimum atomic E-state index is -0.767. The highest BCUT2D eigenvalue weighted by Crippen LogP contribution is 2.32. The Labute approximate surface area is 183 Å². The number of fused-ring (bicyclic) bond motifs is 1. The number of nitrogens with zero attached hydrogens (tertiary/aromatic N) is 1. The van der Waals surface area contributed by atoms with Gasteiger partial charge >= 0.3 is 0 Å². The zero-order chi connectivity index (χ0) is 22.2. The molecule has 0 spiro atoms. The number of hydrogen-bond acceptors (Lipinski definition) is 5. The van der Waals surface area contributed by atoms with Gasteiger partial charge in [-0.1, -0.05) is 13.0 Å². The molecular weight excluding hydrogens is 394 g/mol. The molecule has 1 saturated carbocycles. The lowest BCUT2D eigenvalue weighted by Crippen LogP contribution is -2.49. The van der Waals surface area contributed by atoms with E-state index < -0.39 is 11.6 Å². The fourth-order valence-electron chi connectivity index (χ4n) is 4.73. The second-order valence-corrected chi connectivity index (χ2v) is 9.64. The molecule has 1 aromatic rings. The Morgan fingerprint density at radius 3 is 2.77 bits per heavy atom. The predicted octanol–water partition coefficient (Wildman–Crippen LogP) is 2.49. The average Bonchev–Trinajstić information content (AvgIpc) is 3.02. The maximum atomic E-state index is 12.9. The number of rotatable bonds is 6. The van der Waals surface area contributed by atoms with Crippen LogP contribution in [0.15, 0.2) is 30.5 Å². The first-order valence-electron chi connectivity index (χ1n) is 11.3. The van der Waals surface area contributed by atoms with Crippen LogP contribution in [0, 0.1) is 0 Å². The van der Waals surface area contributed by atoms with Crippen molar-refractivity contribution in [3.63, 3.8) is 0 Å². The smallest absolute Gasteiger partial charge is 0.255 e. The van der Waals surface area contributed by atoms with Crippen LogP contribution in [0.25, 0.3) is 0 Å². The molecule has 0 radical (unpaired) electrons. The lowest BCUT2D eigenvalue weighted by Gasteiger charge is -2.34. The number of hydrogen-bond donors (Lipinski definition) is 3. The summed E-state index contributed by atoms with van der Waals surface area (Å²) in [6.45, 7) is 8.34. The molecule has 7 nitrogen and oxygen atoms in total. The Hall–Kier alpha value is -2.38. The topological polar surface area (TPSA) is 90.9 Å². The fourth-order valence-corrected chi connectivity index (χ4v) is 4.73. The Bertz CT molecular complexity index is 876. The van der Waals surface area contributed by atoms with Gasteiger partial charge in [0.25, 0.3) is 5.91 Å². The molecular formula is C24H33N3O4. The number of nitrogens with one attached hydrogen (secondary N) is 2. The summed E-state index contributed by atoms with van der Waals surface area (Å²) in [5.74, 6) is 0.491. The van der Waals surface area contributed by atoms with Crippen molar-refractivity contribution < 1.29 is 19.4 Å². The summed E-state index contributed by atoms with van der Waals surface area (Å²) in [6, 6.07) is 5.34. The second kappa shape index (κ2) is 8.63. The van der Waals surface area contributed by atoms with Crippen LogP contribution in [0.2, 0.25) is 0 Å². The molecule has 7 heteroatoms. The first-order valence-corrected chi connectivity index (χ1v) is 11.3. The standard InChI is InChI=1S/C24H33N3O4/c1-15-8-11-20(22(28)26-15)27-13-16-12-17(9-10-18(16)23(27)29)31-21-7-5-4-6-19(21)25-14-24(2,3)30/h9-10,12,19-21,25,30H,1,4-8,11,13-14H2,2-3H3,(H,26,28)/t19-,20?,21-/m0/s1. The summed E-state index contributed by atoms with van der Waals surface area (Å²) in [6.07, 6.45) is 5.54. The highest BCUT2D eigenvalue weighted by atomic mass is 16.5. The van der Waals surface area contributed by atoms with E-state index >= 15 is 0 Å². The molecule has 2 heterocycles. The normalized spacial score (nSPS) is 26.6. The summed E-state index contributed by atoms with van der Waals surface area (Å²) in [5, 5.41) is 16.3. The maximum absolute atomic E-state index is 12.9. The van der Waals surface area contributed by atoms with E-state index in [4.69, 9.17) is 4.74 Å². The third kappa shape index (κ3) is 4.93. The number of aliphatic hydroxyl groups is 1. The van der Waals surface area contributed by atoms with Gasteiger partial charge in [-0.25, -0.2) is 0 Å². The number of ether oxygens (including phenoxy) is 1. The molecule has 2 aliphatic heterocycles. The van der Waals surface area contributed by atoms with E-state index in [-0.39, 0.29) is 24.0 Å². The number of allylic oxidation sites excluding steroid dienone is 1. The van der Waals surface area contributed by atoms with Gasteiger partial charge in [0.1, 0.15) is 17.9 Å². The molecule has 1 aromatic carbocycles. The van der Waals surface area contributed by atoms with Crippen molar-refractivity contribution in [2.45, 2.75) is 82.7 Å². The van der Waals surface area contributed by atoms with Gasteiger partial charge in [0.15, 0.2) is 0 Å². The van der Waals surface area contributed by atoms with Crippen LogP contribution in [0.1, 0.15) is 68.3 Å². The molecule has 0 aromatic heterocycles. The monoisotopic (exact) mass is 427 g/mol. The van der Waals surface area contributed by atoms with Crippen molar-refractivity contribution in [2.75, 3.05) is 6.54 Å². The van der Waals surface area contributed by atoms with Gasteiger partial charge in [-0.15, -0.1) is 0 Å². The Kier molecular flexibility index (Phi) is 6.08. The van der Waals surface area contributed by atoms with Crippen molar-refractivity contribution in [1.82, 2.24) is 15.5 Å². The minimum Gasteiger partial charge on any atom is -0.489 e. The van der Waals surface area contributed by atoms with E-state index in [0.29, 0.717) is 37.2 Å². The highest BCUT2D eigenvalue weighted by Gasteiger charge is 2.38. The molecule has 3 N–H and O–H groups in total. The van der Waals surface area contributed by atoms with Gasteiger partial charge in [-0.3, -0.25) is 9.59 Å². The molecule has 1 aliphatic carbocycles. The van der Waals surface area contributed by atoms with Gasteiger partial charge in [-0.2, -0.15) is 0 Å². The third-order valence-corrected chi connectivity index (χ3v) is 6.39. The molecule has 31 heavy (non-hydrogen) atoms. The zero-order valence-electron chi connectivity index (χ0n) is 18.4. The lowest BCUT2D eigenvalue weighted by atomic mass is 9.91. The van der Waals surface area contributed by atoms with Crippen molar-refractivity contribution >= 4 is 11.8 Å². The van der Waals surface area contributed by atoms with Gasteiger partial charge in [0, 0.05) is 30.4 Å². The number of benzene rings is 1. The van der Waals surface area contributed by atoms with Crippen LogP contribution < -0.4 is 15.4 Å². The molecule has 1 unspecified atom stereocenters. The number of amides is 2. The minimum absolute atomic E-state index is 0.0255. The lowest BCUT2D eigenvalue weighted by molar-refractivity contribution is -0.126. The first kappa shape index (κ1) is 21.8. The molecule has 2 amide bonds. The average molecular weight is 428 g/mol. The summed E-state index contributed by atoms with van der Waals surface area (Å²) in [5.41, 5.74) is 1.49. The third-order valence-electron chi connectivity index (χ3n) is 6.39. The molecule has 1 saturated heterocycles. The fraction of sp³-hybridized carbons (Fsp3) is 0.583. The van der Waals surface area contributed by atoms with E-state index in [2.05, 4.69) is 17.2 Å². The van der Waals surface area contributed by atoms with Crippen LogP contribution in [0.4, 0.5) is 0 Å². The Morgan fingerprint density at radius 2 is 2.03 bits per heavy atom. The molecule has 0 bridgehead atoms. The number of piperidine rings is 1. The number of carbonyl (C=O) groups is 2. The SMILES string of the molecule is C=C1CCC(N2Cc3cc(O[C@H]4CCCC[C@@H]4NCC(C)(C)O)ccc3C2=O)C(=O)N1. The van der Waals surface area contributed by atoms with Crippen LogP contribution in [-0.4, -0.2) is 52.2 Å². The maximum Gasteiger partial charge on any atom is 0.255 e. The van der Waals surface area contributed by atoms with E-state index in [1.54, 1.807) is 18.7 Å². The second-order valence-electron chi connectivity index (χ2n) is 9.64. The van der Waals surface area contributed by atoms with Crippen molar-refractivity contribution in [2.24, 2.45) is 0 Å². The van der Waals surface area contributed by atoms with E-state index in [1.807, 2.05) is 18.2 Å². The summed E-state index contributed by atoms with van der Waals surface area (Å²) in [7, 11) is 0. The van der Waals surface area contributed by atoms with Crippen molar-refractivity contribution in [1.29, 1.82) is 0 Å². The zero-order valence-corrected chi connectivity index (χ0v) is 18.4. The summed E-state index contributed by atoms with van der Waals surface area (Å²) >= 11 is 0. The van der Waals surface area contributed by atoms with Crippen LogP contribution in [0.3, 0.4) is 0 Å². The van der Waals surface area contributed by atoms with Crippen LogP contribution in [0.5, 0.6) is 5.75 Å². The molecule has 3 atom stereocenters. The molecule has 168 valence electrons. The molecule has 4 rings (SSSR count). The van der Waals surface area contributed by atoms with E-state index in [0.717, 1.165) is 37.0 Å². The Morgan fingerprint density at radius 1 is 1.26 bits per heavy atom. The van der Waals surface area contributed by atoms with Crippen molar-refractivity contribution in [3.05, 3.63) is 41.6 Å². The number of carbonyl (C=O) groups excluding carboxylic acids is 2. The van der Waals surface area contributed by atoms with Gasteiger partial charge in [0.05, 0.1) is 5.60 Å². The van der Waals surface area contributed by atoms with Crippen molar-refractivity contribution in [3.8, 4) is 5.75 Å². The van der Waals surface area contributed by atoms with Crippen LogP contribution >= 0.6 is 0 Å². The van der Waals surface area contributed by atoms with Gasteiger partial charge in [-0.05, 0) is 69.7 Å². The predicted molar refractivity (Wildman–Crippen MR) is 118 cm³/mol. The van der Waals surface area contributed by atoms with Gasteiger partial charge in [0.2, 0.25) is 5.91 Å². The largest absolute Gasteiger partial charge is 0.489 e. The van der Waals surface area contributed by atoms with E-state index in [1.165, 1.54) is 0 Å². The summed E-state index contributed by atoms with van der Waals surface area (Å²) < 4.78 is 6.34.